The molecule has 1 aliphatic heterocycles. The van der Waals surface area contributed by atoms with E-state index >= 15 is 0 Å². The molecule has 0 fully saturated rings. The number of methoxy groups -OCH3 is 3. The monoisotopic (exact) mass is 494 g/mol. The lowest BCUT2D eigenvalue weighted by Crippen LogP contribution is -2.25. The molecule has 0 aliphatic carbocycles. The average Bonchev–Trinajstić information content (AvgIpc) is 3.43. The Hall–Kier alpha value is -3.79. The molecule has 10 heteroatoms. The van der Waals surface area contributed by atoms with Crippen molar-refractivity contribution in [2.75, 3.05) is 33.3 Å². The first kappa shape index (κ1) is 23.0. The van der Waals surface area contributed by atoms with E-state index in [1.54, 1.807) is 32.1 Å². The normalized spacial score (nSPS) is 15.0. The van der Waals surface area contributed by atoms with E-state index in [2.05, 4.69) is 5.32 Å². The molecule has 2 aromatic heterocycles. The van der Waals surface area contributed by atoms with Crippen molar-refractivity contribution in [2.45, 2.75) is 26.2 Å². The molecule has 2 aromatic carbocycles. The third-order valence-corrected chi connectivity index (χ3v) is 7.05. The summed E-state index contributed by atoms with van der Waals surface area (Å²) in [6.45, 7) is 4.48. The van der Waals surface area contributed by atoms with E-state index in [4.69, 9.17) is 29.0 Å². The predicted octanol–water partition coefficient (Wildman–Crippen LogP) is 4.69. The first-order chi connectivity index (χ1) is 17.0. The molecule has 3 heterocycles. The van der Waals surface area contributed by atoms with Gasteiger partial charge in [0.15, 0.2) is 11.5 Å². The smallest absolute Gasteiger partial charge is 0.226 e. The first-order valence-electron chi connectivity index (χ1n) is 11.2. The van der Waals surface area contributed by atoms with Crippen LogP contribution in [0.25, 0.3) is 15.3 Å². The number of carbonyl (C=O) groups excluding carboxylic acids is 1. The fraction of sp³-hybridized carbons (Fsp3) is 0.320. The molecule has 0 unspecified atom stereocenters. The highest BCUT2D eigenvalue weighted by Gasteiger charge is 2.35. The van der Waals surface area contributed by atoms with Crippen molar-refractivity contribution >= 4 is 33.3 Å². The van der Waals surface area contributed by atoms with Gasteiger partial charge in [-0.3, -0.25) is 4.79 Å². The maximum Gasteiger partial charge on any atom is 0.226 e. The largest absolute Gasteiger partial charge is 0.496 e. The van der Waals surface area contributed by atoms with Gasteiger partial charge in [-0.2, -0.15) is 9.78 Å². The van der Waals surface area contributed by atoms with Gasteiger partial charge in [-0.25, -0.2) is 4.98 Å². The minimum atomic E-state index is -0.277. The molecule has 182 valence electrons. The van der Waals surface area contributed by atoms with E-state index in [0.29, 0.717) is 34.8 Å². The Morgan fingerprint density at radius 1 is 1.09 bits per heavy atom. The van der Waals surface area contributed by atoms with Gasteiger partial charge in [-0.1, -0.05) is 11.3 Å². The number of anilines is 1. The van der Waals surface area contributed by atoms with Gasteiger partial charge in [0, 0.05) is 29.5 Å². The van der Waals surface area contributed by atoms with Crippen molar-refractivity contribution in [2.24, 2.45) is 0 Å². The number of amides is 1. The van der Waals surface area contributed by atoms with Crippen molar-refractivity contribution in [3.05, 3.63) is 47.2 Å². The Morgan fingerprint density at radius 2 is 1.83 bits per heavy atom. The number of fused-ring (bicyclic) bond motifs is 2. The molecule has 0 radical (unpaired) electrons. The van der Waals surface area contributed by atoms with Crippen LogP contribution in [0.15, 0.2) is 30.3 Å². The Morgan fingerprint density at radius 3 is 2.54 bits per heavy atom. The third-order valence-electron chi connectivity index (χ3n) is 6.05. The van der Waals surface area contributed by atoms with Crippen LogP contribution in [0.4, 0.5) is 5.82 Å². The summed E-state index contributed by atoms with van der Waals surface area (Å²) >= 11 is 1.49. The summed E-state index contributed by atoms with van der Waals surface area (Å²) in [4.78, 5) is 17.6. The van der Waals surface area contributed by atoms with Gasteiger partial charge in [-0.15, -0.1) is 0 Å². The zero-order chi connectivity index (χ0) is 24.7. The fourth-order valence-electron chi connectivity index (χ4n) is 4.52. The van der Waals surface area contributed by atoms with Crippen LogP contribution in [0, 0.1) is 6.92 Å². The van der Waals surface area contributed by atoms with Crippen LogP contribution < -0.4 is 24.3 Å². The van der Waals surface area contributed by atoms with Crippen molar-refractivity contribution in [3.8, 4) is 28.1 Å². The number of hydrogen-bond donors (Lipinski definition) is 1. The van der Waals surface area contributed by atoms with Crippen LogP contribution in [0.2, 0.25) is 0 Å². The quantitative estimate of drug-likeness (QED) is 0.398. The van der Waals surface area contributed by atoms with Gasteiger partial charge in [0.1, 0.15) is 17.3 Å². The molecule has 1 amide bonds. The van der Waals surface area contributed by atoms with E-state index in [0.717, 1.165) is 32.8 Å². The molecule has 0 saturated heterocycles. The van der Waals surface area contributed by atoms with Gasteiger partial charge >= 0.3 is 0 Å². The van der Waals surface area contributed by atoms with Gasteiger partial charge in [0.25, 0.3) is 0 Å². The van der Waals surface area contributed by atoms with Crippen molar-refractivity contribution < 1.29 is 23.7 Å². The van der Waals surface area contributed by atoms with Gasteiger partial charge in [-0.05, 0) is 38.1 Å². The van der Waals surface area contributed by atoms with Crippen LogP contribution in [-0.4, -0.2) is 48.6 Å². The van der Waals surface area contributed by atoms with Gasteiger partial charge in [0.05, 0.1) is 43.8 Å². The molecular formula is C25H26N4O5S. The topological polar surface area (TPSA) is 96.7 Å². The Kier molecular flexibility index (Phi) is 5.98. The number of rotatable bonds is 7. The van der Waals surface area contributed by atoms with Gasteiger partial charge < -0.3 is 24.3 Å². The Labute approximate surface area is 206 Å². The highest BCUT2D eigenvalue weighted by atomic mass is 32.1. The summed E-state index contributed by atoms with van der Waals surface area (Å²) < 4.78 is 25.0. The molecule has 1 aliphatic rings. The second-order valence-corrected chi connectivity index (χ2v) is 9.08. The maximum atomic E-state index is 12.9. The molecule has 0 saturated carbocycles. The molecule has 5 rings (SSSR count). The summed E-state index contributed by atoms with van der Waals surface area (Å²) in [5, 5.41) is 8.46. The zero-order valence-corrected chi connectivity index (χ0v) is 21.0. The van der Waals surface area contributed by atoms with Crippen LogP contribution in [0.1, 0.15) is 36.1 Å². The number of carbonyl (C=O) groups is 1. The van der Waals surface area contributed by atoms with Crippen LogP contribution in [0.5, 0.6) is 23.0 Å². The Balaban J connectivity index is 1.64. The molecule has 9 nitrogen and oxygen atoms in total. The average molecular weight is 495 g/mol. The van der Waals surface area contributed by atoms with Gasteiger partial charge in [0.2, 0.25) is 11.0 Å². The summed E-state index contributed by atoms with van der Waals surface area (Å²) in [7, 11) is 4.76. The lowest BCUT2D eigenvalue weighted by atomic mass is 9.85. The number of aryl methyl sites for hydroxylation is 1. The number of ether oxygens (including phenoxy) is 4. The van der Waals surface area contributed by atoms with Crippen LogP contribution >= 0.6 is 11.3 Å². The molecule has 0 bridgehead atoms. The fourth-order valence-corrected chi connectivity index (χ4v) is 5.47. The second-order valence-electron chi connectivity index (χ2n) is 8.07. The third kappa shape index (κ3) is 3.93. The van der Waals surface area contributed by atoms with Crippen molar-refractivity contribution in [1.29, 1.82) is 0 Å². The van der Waals surface area contributed by atoms with E-state index in [1.807, 2.05) is 38.1 Å². The Bertz CT molecular complexity index is 1430. The first-order valence-corrected chi connectivity index (χ1v) is 12.0. The summed E-state index contributed by atoms with van der Waals surface area (Å²) in [5.41, 5.74) is 3.39. The predicted molar refractivity (Wildman–Crippen MR) is 134 cm³/mol. The number of thiazole rings is 1. The van der Waals surface area contributed by atoms with Crippen molar-refractivity contribution in [1.82, 2.24) is 14.8 Å². The molecular weight excluding hydrogens is 468 g/mol. The highest BCUT2D eigenvalue weighted by Crippen LogP contribution is 2.46. The number of benzene rings is 2. The highest BCUT2D eigenvalue weighted by molar-refractivity contribution is 7.20. The lowest BCUT2D eigenvalue weighted by molar-refractivity contribution is -0.116. The van der Waals surface area contributed by atoms with Crippen molar-refractivity contribution in [3.63, 3.8) is 0 Å². The van der Waals surface area contributed by atoms with E-state index < -0.39 is 0 Å². The standard InChI is InChI=1S/C25H26N4O5S/c1-6-34-14-7-8-17-21(9-14)35-25(26-17)29-24-23(13(2)28-29)16(11-22(30)27-24)15-10-19(32-4)20(33-5)12-18(15)31-3/h7-10,12,16H,6,11H2,1-5H3,(H,27,30)/t16-/m1/s1. The molecule has 1 N–H and O–H groups in total. The van der Waals surface area contributed by atoms with E-state index in [9.17, 15) is 4.79 Å². The molecule has 0 spiro atoms. The maximum absolute atomic E-state index is 12.9. The number of aromatic nitrogens is 3. The summed E-state index contributed by atoms with van der Waals surface area (Å²) in [6, 6.07) is 9.45. The lowest BCUT2D eigenvalue weighted by Gasteiger charge is -2.26. The summed E-state index contributed by atoms with van der Waals surface area (Å²) in [6.07, 6.45) is 0.253. The number of nitrogens with one attached hydrogen (secondary N) is 1. The minimum absolute atomic E-state index is 0.111. The molecule has 35 heavy (non-hydrogen) atoms. The molecule has 4 aromatic rings. The van der Waals surface area contributed by atoms with Crippen LogP contribution in [-0.2, 0) is 4.79 Å². The summed E-state index contributed by atoms with van der Waals surface area (Å²) in [5.74, 6) is 2.76. The SMILES string of the molecule is CCOc1ccc2nc(-n3nc(C)c4c3NC(=O)C[C@@H]4c3cc(OC)c(OC)cc3OC)sc2c1. The molecule has 1 atom stereocenters. The number of nitrogens with zero attached hydrogens (tertiary/aromatic N) is 3. The second kappa shape index (κ2) is 9.10. The minimum Gasteiger partial charge on any atom is -0.496 e. The van der Waals surface area contributed by atoms with Crippen LogP contribution in [0.3, 0.4) is 0 Å². The van der Waals surface area contributed by atoms with E-state index in [-0.39, 0.29) is 18.2 Å². The van der Waals surface area contributed by atoms with E-state index in [1.165, 1.54) is 11.3 Å². The number of hydrogen-bond acceptors (Lipinski definition) is 8. The zero-order valence-electron chi connectivity index (χ0n) is 20.2.